The van der Waals surface area contributed by atoms with Gasteiger partial charge in [0.25, 0.3) is 11.4 Å². The van der Waals surface area contributed by atoms with Crippen molar-refractivity contribution in [3.05, 3.63) is 135 Å². The van der Waals surface area contributed by atoms with Crippen LogP contribution in [0, 0.1) is 20.2 Å². The van der Waals surface area contributed by atoms with Crippen LogP contribution in [-0.2, 0) is 0 Å². The Labute approximate surface area is 248 Å². The van der Waals surface area contributed by atoms with Gasteiger partial charge in [0.15, 0.2) is 5.13 Å². The van der Waals surface area contributed by atoms with Crippen LogP contribution >= 0.6 is 11.3 Å². The largest absolute Gasteiger partial charge is 0.399 e. The summed E-state index contributed by atoms with van der Waals surface area (Å²) in [7, 11) is 0. The molecule has 0 spiro atoms. The van der Waals surface area contributed by atoms with Crippen molar-refractivity contribution in [2.45, 2.75) is 0 Å². The van der Waals surface area contributed by atoms with E-state index in [-0.39, 0.29) is 11.4 Å². The Morgan fingerprint density at radius 3 is 1.74 bits per heavy atom. The average Bonchev–Trinajstić information content (AvgIpc) is 3.45. The molecule has 43 heavy (non-hydrogen) atoms. The third kappa shape index (κ3) is 4.75. The van der Waals surface area contributed by atoms with E-state index < -0.39 is 9.85 Å². The fourth-order valence-corrected chi connectivity index (χ4v) is 6.38. The molecule has 0 atom stereocenters. The lowest BCUT2D eigenvalue weighted by Crippen LogP contribution is -2.09. The number of nitrogen functional groups attached to an aromatic ring is 1. The molecule has 0 fully saturated rings. The standard InChI is InChI=1S/C33H21N5O4S/c34-25-10-4-20(5-11-25)30-2-1-3-31-32(30)43-33(35-31)36(26-12-6-23-18-28(37(39)40)14-8-21(23)16-26)27-13-7-24-19-29(38(41)42)15-9-22(24)17-27/h1-19H,34H2. The minimum atomic E-state index is -0.404. The topological polar surface area (TPSA) is 128 Å². The van der Waals surface area contributed by atoms with Gasteiger partial charge in [-0.25, -0.2) is 4.98 Å². The summed E-state index contributed by atoms with van der Waals surface area (Å²) in [5.74, 6) is 0. The molecule has 7 rings (SSSR count). The van der Waals surface area contributed by atoms with Crippen LogP contribution in [0.2, 0.25) is 0 Å². The van der Waals surface area contributed by atoms with Crippen LogP contribution in [0.15, 0.2) is 115 Å². The second-order valence-corrected chi connectivity index (χ2v) is 11.0. The van der Waals surface area contributed by atoms with Crippen molar-refractivity contribution in [1.82, 2.24) is 4.98 Å². The molecule has 1 aromatic heterocycles. The van der Waals surface area contributed by atoms with Gasteiger partial charge < -0.3 is 5.73 Å². The van der Waals surface area contributed by atoms with Crippen LogP contribution in [0.5, 0.6) is 0 Å². The van der Waals surface area contributed by atoms with Crippen LogP contribution in [0.3, 0.4) is 0 Å². The summed E-state index contributed by atoms with van der Waals surface area (Å²) in [4.78, 5) is 28.9. The van der Waals surface area contributed by atoms with Gasteiger partial charge in [-0.15, -0.1) is 0 Å². The lowest BCUT2D eigenvalue weighted by atomic mass is 10.1. The summed E-state index contributed by atoms with van der Waals surface area (Å²) >= 11 is 1.55. The van der Waals surface area contributed by atoms with Gasteiger partial charge in [0.1, 0.15) is 0 Å². The van der Waals surface area contributed by atoms with Gasteiger partial charge in [0.2, 0.25) is 0 Å². The van der Waals surface area contributed by atoms with Gasteiger partial charge in [-0.05, 0) is 81.7 Å². The van der Waals surface area contributed by atoms with Crippen molar-refractivity contribution in [3.63, 3.8) is 0 Å². The molecule has 0 amide bonds. The predicted molar refractivity (Wildman–Crippen MR) is 172 cm³/mol. The number of hydrogen-bond acceptors (Lipinski definition) is 8. The van der Waals surface area contributed by atoms with Crippen molar-refractivity contribution < 1.29 is 9.85 Å². The first-order valence-electron chi connectivity index (χ1n) is 13.3. The molecule has 0 aliphatic carbocycles. The molecule has 208 valence electrons. The minimum absolute atomic E-state index is 0.0297. The third-order valence-corrected chi connectivity index (χ3v) is 8.46. The summed E-state index contributed by atoms with van der Waals surface area (Å²) in [5, 5.41) is 26.6. The fourth-order valence-electron chi connectivity index (χ4n) is 5.24. The number of anilines is 4. The van der Waals surface area contributed by atoms with Crippen LogP contribution < -0.4 is 10.6 Å². The van der Waals surface area contributed by atoms with E-state index in [4.69, 9.17) is 10.7 Å². The Morgan fingerprint density at radius 2 is 1.19 bits per heavy atom. The quantitative estimate of drug-likeness (QED) is 0.117. The van der Waals surface area contributed by atoms with Gasteiger partial charge >= 0.3 is 0 Å². The molecular weight excluding hydrogens is 562 g/mol. The summed E-state index contributed by atoms with van der Waals surface area (Å²) in [6.45, 7) is 0. The number of non-ortho nitro benzene ring substituents is 2. The van der Waals surface area contributed by atoms with Gasteiger partial charge in [-0.1, -0.05) is 47.7 Å². The van der Waals surface area contributed by atoms with Crippen LogP contribution in [0.4, 0.5) is 33.6 Å². The molecule has 7 aromatic rings. The predicted octanol–water partition coefficient (Wildman–Crippen LogP) is 9.14. The number of aromatic nitrogens is 1. The normalized spacial score (nSPS) is 11.3. The first-order chi connectivity index (χ1) is 20.8. The molecule has 10 heteroatoms. The van der Waals surface area contributed by atoms with Gasteiger partial charge in [-0.2, -0.15) is 0 Å². The molecule has 0 saturated carbocycles. The lowest BCUT2D eigenvalue weighted by molar-refractivity contribution is -0.384. The molecule has 6 aromatic carbocycles. The maximum atomic E-state index is 11.3. The number of nitrogens with two attached hydrogens (primary N) is 1. The summed E-state index contributed by atoms with van der Waals surface area (Å²) in [6.07, 6.45) is 0. The summed E-state index contributed by atoms with van der Waals surface area (Å²) in [5.41, 5.74) is 11.2. The van der Waals surface area contributed by atoms with E-state index in [1.165, 1.54) is 12.1 Å². The summed E-state index contributed by atoms with van der Waals surface area (Å²) in [6, 6.07) is 34.9. The number of nitrogens with zero attached hydrogens (tertiary/aromatic N) is 4. The van der Waals surface area contributed by atoms with Crippen molar-refractivity contribution in [2.24, 2.45) is 0 Å². The zero-order valence-electron chi connectivity index (χ0n) is 22.4. The first kappa shape index (κ1) is 26.1. The lowest BCUT2D eigenvalue weighted by Gasteiger charge is -2.23. The minimum Gasteiger partial charge on any atom is -0.399 e. The van der Waals surface area contributed by atoms with E-state index in [0.717, 1.165) is 59.4 Å². The number of rotatable bonds is 6. The number of hydrogen-bond donors (Lipinski definition) is 1. The van der Waals surface area contributed by atoms with Crippen LogP contribution in [0.25, 0.3) is 42.9 Å². The van der Waals surface area contributed by atoms with E-state index >= 15 is 0 Å². The van der Waals surface area contributed by atoms with E-state index in [1.807, 2.05) is 77.7 Å². The Kier molecular flexibility index (Phi) is 6.18. The van der Waals surface area contributed by atoms with Crippen molar-refractivity contribution >= 4 is 76.7 Å². The maximum Gasteiger partial charge on any atom is 0.270 e. The maximum absolute atomic E-state index is 11.3. The second-order valence-electron chi connectivity index (χ2n) is 10.1. The fraction of sp³-hybridized carbons (Fsp3) is 0. The van der Waals surface area contributed by atoms with Crippen molar-refractivity contribution in [1.29, 1.82) is 0 Å². The Morgan fingerprint density at radius 1 is 0.651 bits per heavy atom. The first-order valence-corrected chi connectivity index (χ1v) is 14.1. The molecular formula is C33H21N5O4S. The summed E-state index contributed by atoms with van der Waals surface area (Å²) < 4.78 is 1.01. The van der Waals surface area contributed by atoms with Crippen LogP contribution in [0.1, 0.15) is 0 Å². The highest BCUT2D eigenvalue weighted by Crippen LogP contribution is 2.43. The van der Waals surface area contributed by atoms with E-state index in [9.17, 15) is 20.2 Å². The van der Waals surface area contributed by atoms with Gasteiger partial charge in [0, 0.05) is 46.9 Å². The third-order valence-electron chi connectivity index (χ3n) is 7.37. The average molecular weight is 584 g/mol. The van der Waals surface area contributed by atoms with E-state index in [0.29, 0.717) is 5.69 Å². The molecule has 0 bridgehead atoms. The van der Waals surface area contributed by atoms with E-state index in [1.54, 1.807) is 35.6 Å². The molecule has 9 nitrogen and oxygen atoms in total. The Bertz CT molecular complexity index is 2130. The molecule has 0 aliphatic heterocycles. The van der Waals surface area contributed by atoms with Gasteiger partial charge in [0.05, 0.1) is 20.1 Å². The zero-order valence-corrected chi connectivity index (χ0v) is 23.2. The smallest absolute Gasteiger partial charge is 0.270 e. The molecule has 2 N–H and O–H groups in total. The van der Waals surface area contributed by atoms with E-state index in [2.05, 4.69) is 6.07 Å². The van der Waals surface area contributed by atoms with Gasteiger partial charge in [-0.3, -0.25) is 25.1 Å². The zero-order chi connectivity index (χ0) is 29.7. The molecule has 1 heterocycles. The molecule has 0 aliphatic rings. The number of fused-ring (bicyclic) bond motifs is 3. The van der Waals surface area contributed by atoms with Crippen LogP contribution in [-0.4, -0.2) is 14.8 Å². The Balaban J connectivity index is 1.42. The Hall–Kier alpha value is -5.87. The number of nitro groups is 2. The van der Waals surface area contributed by atoms with Crippen molar-refractivity contribution in [3.8, 4) is 11.1 Å². The molecule has 0 radical (unpaired) electrons. The SMILES string of the molecule is Nc1ccc(-c2cccc3nc(N(c4ccc5cc([N+](=O)[O-])ccc5c4)c4ccc5cc([N+](=O)[O-])ccc5c4)sc23)cc1. The van der Waals surface area contributed by atoms with Crippen molar-refractivity contribution in [2.75, 3.05) is 10.6 Å². The molecule has 0 saturated heterocycles. The molecule has 0 unspecified atom stereocenters. The highest BCUT2D eigenvalue weighted by Gasteiger charge is 2.20. The second kappa shape index (κ2) is 10.2. The number of thiazole rings is 1. The monoisotopic (exact) mass is 583 g/mol. The number of nitro benzene ring substituents is 2. The number of benzene rings is 6. The highest BCUT2D eigenvalue weighted by molar-refractivity contribution is 7.22. The highest BCUT2D eigenvalue weighted by atomic mass is 32.1.